The first-order chi connectivity index (χ1) is 8.63. The lowest BCUT2D eigenvalue weighted by molar-refractivity contribution is -0.132. The number of carboxylic acid groups (broad SMARTS) is 1. The van der Waals surface area contributed by atoms with E-state index in [1.165, 1.54) is 10.9 Å². The van der Waals surface area contributed by atoms with Crippen LogP contribution in [0.25, 0.3) is 10.9 Å². The van der Waals surface area contributed by atoms with Crippen LogP contribution in [0.3, 0.4) is 0 Å². The first-order valence-corrected chi connectivity index (χ1v) is 6.10. The highest BCUT2D eigenvalue weighted by molar-refractivity contribution is 5.86. The molecule has 0 bridgehead atoms. The molecule has 0 unspecified atom stereocenters. The summed E-state index contributed by atoms with van der Waals surface area (Å²) in [7, 11) is 0. The van der Waals surface area contributed by atoms with Gasteiger partial charge in [-0.2, -0.15) is 0 Å². The minimum absolute atomic E-state index is 0.463. The van der Waals surface area contributed by atoms with Gasteiger partial charge in [0.1, 0.15) is 0 Å². The smallest absolute Gasteiger partial charge is 0.331 e. The largest absolute Gasteiger partial charge is 0.478 e. The zero-order valence-corrected chi connectivity index (χ0v) is 10.7. The maximum Gasteiger partial charge on any atom is 0.331 e. The van der Waals surface area contributed by atoms with Crippen LogP contribution in [-0.4, -0.2) is 15.6 Å². The number of aryl methyl sites for hydroxylation is 1. The Bertz CT molecular complexity index is 608. The van der Waals surface area contributed by atoms with Gasteiger partial charge < -0.3 is 9.67 Å². The van der Waals surface area contributed by atoms with Crippen molar-refractivity contribution in [3.63, 3.8) is 0 Å². The Kier molecular flexibility index (Phi) is 3.51. The van der Waals surface area contributed by atoms with Crippen molar-refractivity contribution in [2.24, 2.45) is 0 Å². The van der Waals surface area contributed by atoms with Gasteiger partial charge in [0.25, 0.3) is 0 Å². The Labute approximate surface area is 106 Å². The van der Waals surface area contributed by atoms with E-state index >= 15 is 0 Å². The zero-order chi connectivity index (χ0) is 13.1. The number of carbonyl (C=O) groups is 1. The van der Waals surface area contributed by atoms with Gasteiger partial charge in [-0.3, -0.25) is 0 Å². The van der Waals surface area contributed by atoms with Crippen molar-refractivity contribution in [1.82, 2.24) is 4.57 Å². The van der Waals surface area contributed by atoms with Crippen LogP contribution in [0.1, 0.15) is 18.9 Å². The molecule has 0 fully saturated rings. The number of para-hydroxylation sites is 1. The molecular weight excluding hydrogens is 226 g/mol. The van der Waals surface area contributed by atoms with Crippen LogP contribution >= 0.6 is 0 Å². The molecule has 3 heteroatoms. The molecule has 3 nitrogen and oxygen atoms in total. The van der Waals surface area contributed by atoms with Gasteiger partial charge in [-0.15, -0.1) is 0 Å². The molecule has 0 saturated heterocycles. The van der Waals surface area contributed by atoms with Crippen molar-refractivity contribution in [2.75, 3.05) is 0 Å². The van der Waals surface area contributed by atoms with E-state index in [4.69, 9.17) is 5.11 Å². The summed E-state index contributed by atoms with van der Waals surface area (Å²) in [4.78, 5) is 10.9. The molecule has 0 aliphatic carbocycles. The Morgan fingerprint density at radius 2 is 2.11 bits per heavy atom. The highest BCUT2D eigenvalue weighted by Gasteiger charge is 2.06. The van der Waals surface area contributed by atoms with Gasteiger partial charge in [0.05, 0.1) is 0 Å². The fraction of sp³-hybridized carbons (Fsp3) is 0.267. The summed E-state index contributed by atoms with van der Waals surface area (Å²) >= 11 is 0. The van der Waals surface area contributed by atoms with E-state index in [2.05, 4.69) is 29.8 Å². The topological polar surface area (TPSA) is 42.2 Å². The number of aromatic nitrogens is 1. The third-order valence-corrected chi connectivity index (χ3v) is 3.18. The number of rotatable bonds is 4. The lowest BCUT2D eigenvalue weighted by Crippen LogP contribution is -2.02. The van der Waals surface area contributed by atoms with Crippen LogP contribution < -0.4 is 0 Å². The molecule has 1 N–H and O–H groups in total. The summed E-state index contributed by atoms with van der Waals surface area (Å²) in [5.74, 6) is -0.828. The maximum atomic E-state index is 10.9. The summed E-state index contributed by atoms with van der Waals surface area (Å²) in [5.41, 5.74) is 2.82. The average molecular weight is 243 g/mol. The predicted octanol–water partition coefficient (Wildman–Crippen LogP) is 3.37. The van der Waals surface area contributed by atoms with Crippen LogP contribution in [-0.2, 0) is 11.3 Å². The molecule has 0 atom stereocenters. The Morgan fingerprint density at radius 3 is 2.78 bits per heavy atom. The minimum atomic E-state index is -0.828. The summed E-state index contributed by atoms with van der Waals surface area (Å²) in [6.07, 6.45) is 4.40. The molecule has 18 heavy (non-hydrogen) atoms. The molecule has 2 rings (SSSR count). The molecule has 0 aliphatic heterocycles. The second-order valence-electron chi connectivity index (χ2n) is 4.37. The molecule has 0 spiro atoms. The van der Waals surface area contributed by atoms with Gasteiger partial charge in [0.2, 0.25) is 0 Å². The molecule has 0 amide bonds. The van der Waals surface area contributed by atoms with E-state index in [9.17, 15) is 4.79 Å². The third kappa shape index (κ3) is 2.30. The molecule has 1 heterocycles. The summed E-state index contributed by atoms with van der Waals surface area (Å²) in [6, 6.07) is 8.16. The monoisotopic (exact) mass is 243 g/mol. The zero-order valence-electron chi connectivity index (χ0n) is 10.7. The molecular formula is C15H17NO2. The third-order valence-electron chi connectivity index (χ3n) is 3.18. The quantitative estimate of drug-likeness (QED) is 0.836. The Morgan fingerprint density at radius 1 is 1.39 bits per heavy atom. The fourth-order valence-corrected chi connectivity index (χ4v) is 2.17. The second-order valence-corrected chi connectivity index (χ2v) is 4.37. The first-order valence-electron chi connectivity index (χ1n) is 6.10. The maximum absolute atomic E-state index is 10.9. The highest BCUT2D eigenvalue weighted by atomic mass is 16.4. The van der Waals surface area contributed by atoms with Gasteiger partial charge in [0.15, 0.2) is 0 Å². The lowest BCUT2D eigenvalue weighted by Gasteiger charge is -2.02. The first kappa shape index (κ1) is 12.4. The standard InChI is InChI=1S/C15H17NO2/c1-3-12(15(17)18)8-9-16-10-11(2)13-6-4-5-7-14(13)16/h4-8,10H,3,9H2,1-2H3,(H,17,18). The number of carboxylic acids is 1. The van der Waals surface area contributed by atoms with Gasteiger partial charge in [-0.25, -0.2) is 4.79 Å². The Balaban J connectivity index is 2.35. The van der Waals surface area contributed by atoms with E-state index in [-0.39, 0.29) is 0 Å². The van der Waals surface area contributed by atoms with Crippen molar-refractivity contribution in [3.05, 3.63) is 47.7 Å². The van der Waals surface area contributed by atoms with Gasteiger partial charge in [-0.1, -0.05) is 31.2 Å². The van der Waals surface area contributed by atoms with E-state index < -0.39 is 5.97 Å². The number of hydrogen-bond acceptors (Lipinski definition) is 1. The fourth-order valence-electron chi connectivity index (χ4n) is 2.17. The van der Waals surface area contributed by atoms with Gasteiger partial charge >= 0.3 is 5.97 Å². The summed E-state index contributed by atoms with van der Waals surface area (Å²) < 4.78 is 2.09. The van der Waals surface area contributed by atoms with Crippen molar-refractivity contribution in [1.29, 1.82) is 0 Å². The van der Waals surface area contributed by atoms with Crippen molar-refractivity contribution in [3.8, 4) is 0 Å². The van der Waals surface area contributed by atoms with Crippen LogP contribution in [0, 0.1) is 6.92 Å². The van der Waals surface area contributed by atoms with Crippen molar-refractivity contribution in [2.45, 2.75) is 26.8 Å². The molecule has 1 aromatic heterocycles. The minimum Gasteiger partial charge on any atom is -0.478 e. The number of fused-ring (bicyclic) bond motifs is 1. The predicted molar refractivity (Wildman–Crippen MR) is 72.7 cm³/mol. The van der Waals surface area contributed by atoms with Crippen LogP contribution in [0.15, 0.2) is 42.1 Å². The number of nitrogens with zero attached hydrogens (tertiary/aromatic N) is 1. The Hall–Kier alpha value is -2.03. The van der Waals surface area contributed by atoms with Gasteiger partial charge in [-0.05, 0) is 25.0 Å². The number of hydrogen-bond donors (Lipinski definition) is 1. The van der Waals surface area contributed by atoms with E-state index in [0.717, 1.165) is 5.52 Å². The molecule has 0 radical (unpaired) electrons. The summed E-state index contributed by atoms with van der Waals surface area (Å²) in [6.45, 7) is 4.53. The number of benzene rings is 1. The van der Waals surface area contributed by atoms with Gasteiger partial charge in [0, 0.05) is 29.2 Å². The van der Waals surface area contributed by atoms with Crippen LogP contribution in [0.2, 0.25) is 0 Å². The molecule has 94 valence electrons. The number of allylic oxidation sites excluding steroid dienone is 1. The van der Waals surface area contributed by atoms with Crippen LogP contribution in [0.5, 0.6) is 0 Å². The molecule has 0 aliphatic rings. The van der Waals surface area contributed by atoms with E-state index in [0.29, 0.717) is 18.5 Å². The highest BCUT2D eigenvalue weighted by Crippen LogP contribution is 2.20. The normalized spacial score (nSPS) is 12.0. The average Bonchev–Trinajstić information content (AvgIpc) is 2.68. The van der Waals surface area contributed by atoms with Crippen molar-refractivity contribution >= 4 is 16.9 Å². The van der Waals surface area contributed by atoms with E-state index in [1.807, 2.05) is 19.1 Å². The van der Waals surface area contributed by atoms with E-state index in [1.54, 1.807) is 6.08 Å². The SMILES string of the molecule is CCC(=CCn1cc(C)c2ccccc21)C(=O)O. The second kappa shape index (κ2) is 5.08. The lowest BCUT2D eigenvalue weighted by atomic mass is 10.2. The summed E-state index contributed by atoms with van der Waals surface area (Å²) in [5, 5.41) is 10.2. The molecule has 0 saturated carbocycles. The molecule has 2 aromatic rings. The molecule has 1 aromatic carbocycles. The van der Waals surface area contributed by atoms with Crippen molar-refractivity contribution < 1.29 is 9.90 Å². The van der Waals surface area contributed by atoms with Crippen LogP contribution in [0.4, 0.5) is 0 Å². The number of aliphatic carboxylic acids is 1.